The molecule has 7 nitrogen and oxygen atoms in total. The van der Waals surface area contributed by atoms with Crippen LogP contribution < -0.4 is 5.32 Å². The van der Waals surface area contributed by atoms with E-state index in [-0.39, 0.29) is 35.8 Å². The highest BCUT2D eigenvalue weighted by molar-refractivity contribution is 14.0. The Hall–Kier alpha value is -1.55. The van der Waals surface area contributed by atoms with Gasteiger partial charge in [0.1, 0.15) is 0 Å². The van der Waals surface area contributed by atoms with Crippen molar-refractivity contribution in [3.05, 3.63) is 34.9 Å². The van der Waals surface area contributed by atoms with Gasteiger partial charge in [-0.05, 0) is 17.7 Å². The van der Waals surface area contributed by atoms with Gasteiger partial charge in [0.15, 0.2) is 5.96 Å². The van der Waals surface area contributed by atoms with Crippen molar-refractivity contribution in [1.29, 1.82) is 0 Å². The number of piperazine rings is 1. The lowest BCUT2D eigenvalue weighted by Crippen LogP contribution is -2.54. The van der Waals surface area contributed by atoms with Crippen LogP contribution in [0.3, 0.4) is 0 Å². The normalized spacial score (nSPS) is 14.4. The first-order valence-corrected chi connectivity index (χ1v) is 9.46. The van der Waals surface area contributed by atoms with E-state index in [2.05, 4.69) is 15.2 Å². The molecule has 1 aromatic rings. The smallest absolute Gasteiger partial charge is 0.227 e. The molecule has 2 rings (SSSR count). The zero-order valence-corrected chi connectivity index (χ0v) is 19.7. The Labute approximate surface area is 189 Å². The van der Waals surface area contributed by atoms with Gasteiger partial charge in [0.25, 0.3) is 0 Å². The van der Waals surface area contributed by atoms with Gasteiger partial charge in [0, 0.05) is 65.3 Å². The number of guanidine groups is 1. The lowest BCUT2D eigenvalue weighted by atomic mass is 10.1. The molecule has 1 aliphatic rings. The number of rotatable bonds is 5. The number of carbonyl (C=O) groups is 2. The van der Waals surface area contributed by atoms with Crippen LogP contribution in [-0.4, -0.2) is 86.3 Å². The monoisotopic (exact) mass is 521 g/mol. The highest BCUT2D eigenvalue weighted by atomic mass is 127. The molecule has 0 bridgehead atoms. The first kappa shape index (κ1) is 24.5. The maximum absolute atomic E-state index is 12.5. The Kier molecular flexibility index (Phi) is 10.6. The van der Waals surface area contributed by atoms with E-state index in [9.17, 15) is 9.59 Å². The van der Waals surface area contributed by atoms with Gasteiger partial charge in [0.05, 0.1) is 6.42 Å². The topological polar surface area (TPSA) is 68.2 Å². The molecule has 1 fully saturated rings. The van der Waals surface area contributed by atoms with Crippen molar-refractivity contribution in [1.82, 2.24) is 20.0 Å². The molecule has 1 aromatic carbocycles. The van der Waals surface area contributed by atoms with Crippen molar-refractivity contribution in [3.8, 4) is 0 Å². The molecule has 1 heterocycles. The van der Waals surface area contributed by atoms with Crippen LogP contribution in [0.25, 0.3) is 0 Å². The quantitative estimate of drug-likeness (QED) is 0.364. The molecule has 156 valence electrons. The van der Waals surface area contributed by atoms with Crippen molar-refractivity contribution in [2.45, 2.75) is 12.8 Å². The van der Waals surface area contributed by atoms with Crippen molar-refractivity contribution in [3.63, 3.8) is 0 Å². The molecule has 0 aromatic heterocycles. The van der Waals surface area contributed by atoms with Crippen LogP contribution in [0.1, 0.15) is 12.0 Å². The summed E-state index contributed by atoms with van der Waals surface area (Å²) in [6, 6.07) is 7.41. The third kappa shape index (κ3) is 7.46. The maximum atomic E-state index is 12.5. The van der Waals surface area contributed by atoms with Crippen LogP contribution in [0, 0.1) is 0 Å². The average molecular weight is 522 g/mol. The molecule has 0 aliphatic carbocycles. The first-order valence-electron chi connectivity index (χ1n) is 9.08. The van der Waals surface area contributed by atoms with E-state index in [4.69, 9.17) is 11.6 Å². The van der Waals surface area contributed by atoms with E-state index in [0.717, 1.165) is 11.5 Å². The number of amides is 2. The summed E-state index contributed by atoms with van der Waals surface area (Å²) in [5, 5.41) is 3.87. The Morgan fingerprint density at radius 1 is 1.18 bits per heavy atom. The zero-order valence-electron chi connectivity index (χ0n) is 16.7. The molecule has 1 N–H and O–H groups in total. The largest absolute Gasteiger partial charge is 0.356 e. The van der Waals surface area contributed by atoms with Crippen molar-refractivity contribution in [2.75, 3.05) is 53.9 Å². The fourth-order valence-corrected chi connectivity index (χ4v) is 3.15. The van der Waals surface area contributed by atoms with Crippen molar-refractivity contribution < 1.29 is 9.59 Å². The average Bonchev–Trinajstić information content (AvgIpc) is 2.65. The van der Waals surface area contributed by atoms with E-state index < -0.39 is 0 Å². The summed E-state index contributed by atoms with van der Waals surface area (Å²) in [5.41, 5.74) is 0.929. The molecule has 2 amide bonds. The molecule has 9 heteroatoms. The minimum atomic E-state index is 0. The molecular formula is C19H29ClIN5O2. The van der Waals surface area contributed by atoms with E-state index in [1.54, 1.807) is 32.1 Å². The van der Waals surface area contributed by atoms with Gasteiger partial charge in [-0.15, -0.1) is 24.0 Å². The second-order valence-corrected chi connectivity index (χ2v) is 7.12. The lowest BCUT2D eigenvalue weighted by molar-refractivity contribution is -0.132. The molecule has 0 saturated carbocycles. The summed E-state index contributed by atoms with van der Waals surface area (Å²) in [7, 11) is 5.22. The van der Waals surface area contributed by atoms with E-state index in [1.807, 2.05) is 23.1 Å². The molecular weight excluding hydrogens is 493 g/mol. The van der Waals surface area contributed by atoms with Gasteiger partial charge in [-0.1, -0.05) is 23.7 Å². The predicted octanol–water partition coefficient (Wildman–Crippen LogP) is 1.70. The minimum absolute atomic E-state index is 0. The Balaban J connectivity index is 0.00000392. The van der Waals surface area contributed by atoms with Crippen LogP contribution in [0.5, 0.6) is 0 Å². The number of nitrogens with zero attached hydrogens (tertiary/aromatic N) is 4. The number of aliphatic imine (C=N–C) groups is 1. The fraction of sp³-hybridized carbons (Fsp3) is 0.526. The molecule has 0 spiro atoms. The lowest BCUT2D eigenvalue weighted by Gasteiger charge is -2.36. The third-order valence-corrected chi connectivity index (χ3v) is 4.74. The fourth-order valence-electron chi connectivity index (χ4n) is 2.94. The molecule has 0 radical (unpaired) electrons. The summed E-state index contributed by atoms with van der Waals surface area (Å²) in [5.74, 6) is 0.953. The van der Waals surface area contributed by atoms with E-state index >= 15 is 0 Å². The number of nitrogens with one attached hydrogen (secondary N) is 1. The minimum Gasteiger partial charge on any atom is -0.356 e. The Morgan fingerprint density at radius 3 is 2.39 bits per heavy atom. The maximum Gasteiger partial charge on any atom is 0.227 e. The highest BCUT2D eigenvalue weighted by Gasteiger charge is 2.23. The third-order valence-electron chi connectivity index (χ3n) is 4.51. The van der Waals surface area contributed by atoms with Crippen LogP contribution in [0.15, 0.2) is 29.3 Å². The van der Waals surface area contributed by atoms with Gasteiger partial charge < -0.3 is 20.0 Å². The summed E-state index contributed by atoms with van der Waals surface area (Å²) < 4.78 is 0. The van der Waals surface area contributed by atoms with E-state index in [1.165, 1.54) is 0 Å². The summed E-state index contributed by atoms with van der Waals surface area (Å²) in [4.78, 5) is 34.0. The predicted molar refractivity (Wildman–Crippen MR) is 123 cm³/mol. The summed E-state index contributed by atoms with van der Waals surface area (Å²) in [6.45, 7) is 3.26. The second kappa shape index (κ2) is 12.1. The number of benzene rings is 1. The molecule has 0 atom stereocenters. The van der Waals surface area contributed by atoms with E-state index in [0.29, 0.717) is 50.6 Å². The second-order valence-electron chi connectivity index (χ2n) is 6.69. The zero-order chi connectivity index (χ0) is 19.8. The van der Waals surface area contributed by atoms with Crippen LogP contribution >= 0.6 is 35.6 Å². The van der Waals surface area contributed by atoms with Gasteiger partial charge in [-0.2, -0.15) is 0 Å². The Bertz CT molecular complexity index is 691. The highest BCUT2D eigenvalue weighted by Crippen LogP contribution is 2.13. The Morgan fingerprint density at radius 2 is 1.82 bits per heavy atom. The summed E-state index contributed by atoms with van der Waals surface area (Å²) in [6.07, 6.45) is 0.782. The van der Waals surface area contributed by atoms with Gasteiger partial charge in [0.2, 0.25) is 11.8 Å². The number of hydrogen-bond acceptors (Lipinski definition) is 3. The van der Waals surface area contributed by atoms with Crippen LogP contribution in [0.2, 0.25) is 5.02 Å². The van der Waals surface area contributed by atoms with Crippen molar-refractivity contribution >= 4 is 53.4 Å². The van der Waals surface area contributed by atoms with Gasteiger partial charge in [-0.25, -0.2) is 0 Å². The molecule has 0 unspecified atom stereocenters. The first-order chi connectivity index (χ1) is 12.9. The van der Waals surface area contributed by atoms with Crippen molar-refractivity contribution in [2.24, 2.45) is 4.99 Å². The molecule has 1 aliphatic heterocycles. The number of halogens is 2. The van der Waals surface area contributed by atoms with Gasteiger partial charge >= 0.3 is 0 Å². The number of carbonyl (C=O) groups excluding carboxylic acids is 2. The van der Waals surface area contributed by atoms with Gasteiger partial charge in [-0.3, -0.25) is 14.6 Å². The van der Waals surface area contributed by atoms with Crippen LogP contribution in [-0.2, 0) is 16.0 Å². The molecule has 1 saturated heterocycles. The number of hydrogen-bond donors (Lipinski definition) is 1. The molecule has 28 heavy (non-hydrogen) atoms. The van der Waals surface area contributed by atoms with Crippen LogP contribution in [0.4, 0.5) is 0 Å². The SMILES string of the molecule is CN=C(NCCC(=O)N(C)C)N1CCN(C(=O)Cc2cccc(Cl)c2)CC1.I. The summed E-state index contributed by atoms with van der Waals surface area (Å²) >= 11 is 5.99. The standard InChI is InChI=1S/C19H28ClN5O2.HI/c1-21-19(22-8-7-17(26)23(2)3)25-11-9-24(10-12-25)18(27)14-15-5-4-6-16(20)13-15;/h4-6,13H,7-12,14H2,1-3H3,(H,21,22);1H.